The van der Waals surface area contributed by atoms with Crippen LogP contribution in [0, 0.1) is 0 Å². The quantitative estimate of drug-likeness (QED) is 0.276. The van der Waals surface area contributed by atoms with Crippen LogP contribution in [0.3, 0.4) is 0 Å². The molecule has 4 rings (SSSR count). The Hall–Kier alpha value is -4.26. The zero-order chi connectivity index (χ0) is 25.7. The van der Waals surface area contributed by atoms with Crippen LogP contribution in [0.15, 0.2) is 67.0 Å². The van der Waals surface area contributed by atoms with Gasteiger partial charge in [0, 0.05) is 30.1 Å². The van der Waals surface area contributed by atoms with Gasteiger partial charge in [-0.2, -0.15) is 0 Å². The van der Waals surface area contributed by atoms with Gasteiger partial charge in [0.05, 0.1) is 42.7 Å². The number of rotatable bonds is 10. The molecule has 0 fully saturated rings. The van der Waals surface area contributed by atoms with Gasteiger partial charge in [0.15, 0.2) is 23.0 Å². The smallest absolute Gasteiger partial charge is 0.203 e. The lowest BCUT2D eigenvalue weighted by atomic mass is 9.97. The zero-order valence-corrected chi connectivity index (χ0v) is 21.5. The van der Waals surface area contributed by atoms with Gasteiger partial charge in [-0.05, 0) is 41.0 Å². The minimum absolute atomic E-state index is 0.543. The monoisotopic (exact) mass is 489 g/mol. The summed E-state index contributed by atoms with van der Waals surface area (Å²) in [5.74, 6) is 3.41. The lowest BCUT2D eigenvalue weighted by Gasteiger charge is -2.16. The number of hydrogen-bond acceptors (Lipinski definition) is 6. The molecule has 1 aromatic heterocycles. The molecule has 0 aliphatic rings. The van der Waals surface area contributed by atoms with Crippen molar-refractivity contribution in [2.75, 3.05) is 42.7 Å². The van der Waals surface area contributed by atoms with E-state index in [0.29, 0.717) is 41.0 Å². The number of ether oxygens (including phenoxy) is 6. The van der Waals surface area contributed by atoms with Crippen molar-refractivity contribution in [2.24, 2.45) is 0 Å². The highest BCUT2D eigenvalue weighted by Crippen LogP contribution is 2.46. The molecule has 0 N–H and O–H groups in total. The largest absolute Gasteiger partial charge is 0.493 e. The third-order valence-electron chi connectivity index (χ3n) is 6.04. The van der Waals surface area contributed by atoms with Gasteiger partial charge >= 0.3 is 0 Å². The molecule has 0 saturated carbocycles. The summed E-state index contributed by atoms with van der Waals surface area (Å²) in [6.45, 7) is 0.711. The van der Waals surface area contributed by atoms with Crippen molar-refractivity contribution in [3.63, 3.8) is 0 Å². The standard InChI is InChI=1S/C29H31NO6/c1-31-24-12-20(13-25(32-2)28(24)35-5)22-17-30(16-19-10-8-7-9-11-19)18-23(22)21-14-26(33-3)29(36-6)27(15-21)34-4/h7-15,17-18H,16H2,1-6H3. The summed E-state index contributed by atoms with van der Waals surface area (Å²) in [6.07, 6.45) is 4.23. The van der Waals surface area contributed by atoms with Gasteiger partial charge in [0.1, 0.15) is 0 Å². The van der Waals surface area contributed by atoms with Crippen molar-refractivity contribution in [2.45, 2.75) is 6.54 Å². The molecular formula is C29H31NO6. The van der Waals surface area contributed by atoms with Gasteiger partial charge in [-0.1, -0.05) is 30.3 Å². The van der Waals surface area contributed by atoms with Crippen LogP contribution in [0.4, 0.5) is 0 Å². The average Bonchev–Trinajstić information content (AvgIpc) is 3.35. The van der Waals surface area contributed by atoms with E-state index < -0.39 is 0 Å². The second-order valence-electron chi connectivity index (χ2n) is 8.07. The summed E-state index contributed by atoms with van der Waals surface area (Å²) < 4.78 is 35.7. The molecule has 1 heterocycles. The Bertz CT molecular complexity index is 1200. The Morgan fingerprint density at radius 1 is 0.528 bits per heavy atom. The first-order valence-corrected chi connectivity index (χ1v) is 11.4. The minimum atomic E-state index is 0.543. The lowest BCUT2D eigenvalue weighted by molar-refractivity contribution is 0.324. The Morgan fingerprint density at radius 2 is 0.917 bits per heavy atom. The van der Waals surface area contributed by atoms with Crippen LogP contribution < -0.4 is 28.4 Å². The maximum atomic E-state index is 5.62. The van der Waals surface area contributed by atoms with Crippen molar-refractivity contribution in [1.29, 1.82) is 0 Å². The molecule has 7 nitrogen and oxygen atoms in total. The maximum absolute atomic E-state index is 5.62. The average molecular weight is 490 g/mol. The van der Waals surface area contributed by atoms with Crippen LogP contribution >= 0.6 is 0 Å². The van der Waals surface area contributed by atoms with Crippen LogP contribution in [-0.4, -0.2) is 47.2 Å². The topological polar surface area (TPSA) is 60.3 Å². The maximum Gasteiger partial charge on any atom is 0.203 e. The summed E-state index contributed by atoms with van der Waals surface area (Å²) in [6, 6.07) is 18.1. The second kappa shape index (κ2) is 11.0. The van der Waals surface area contributed by atoms with E-state index in [9.17, 15) is 0 Å². The number of methoxy groups -OCH3 is 6. The second-order valence-corrected chi connectivity index (χ2v) is 8.07. The molecular weight excluding hydrogens is 458 g/mol. The van der Waals surface area contributed by atoms with E-state index in [0.717, 1.165) is 22.3 Å². The van der Waals surface area contributed by atoms with Gasteiger partial charge in [0.2, 0.25) is 11.5 Å². The van der Waals surface area contributed by atoms with Crippen LogP contribution in [0.25, 0.3) is 22.3 Å². The molecule has 188 valence electrons. The summed E-state index contributed by atoms with van der Waals surface area (Å²) >= 11 is 0. The molecule has 7 heteroatoms. The highest BCUT2D eigenvalue weighted by molar-refractivity contribution is 5.87. The van der Waals surface area contributed by atoms with Crippen molar-refractivity contribution >= 4 is 0 Å². The molecule has 4 aromatic rings. The first kappa shape index (κ1) is 24.9. The molecule has 0 amide bonds. The minimum Gasteiger partial charge on any atom is -0.493 e. The van der Waals surface area contributed by atoms with E-state index in [4.69, 9.17) is 28.4 Å². The molecule has 0 spiro atoms. The van der Waals surface area contributed by atoms with Crippen molar-refractivity contribution in [3.8, 4) is 56.8 Å². The third kappa shape index (κ3) is 4.77. The Morgan fingerprint density at radius 3 is 1.25 bits per heavy atom. The predicted molar refractivity (Wildman–Crippen MR) is 140 cm³/mol. The van der Waals surface area contributed by atoms with Crippen LogP contribution in [-0.2, 0) is 6.54 Å². The fourth-order valence-electron chi connectivity index (χ4n) is 4.33. The van der Waals surface area contributed by atoms with Gasteiger partial charge in [-0.3, -0.25) is 0 Å². The Kier molecular flexibility index (Phi) is 7.59. The predicted octanol–water partition coefficient (Wildman–Crippen LogP) is 5.92. The zero-order valence-electron chi connectivity index (χ0n) is 21.5. The first-order valence-electron chi connectivity index (χ1n) is 11.4. The highest BCUT2D eigenvalue weighted by atomic mass is 16.5. The van der Waals surface area contributed by atoms with Crippen molar-refractivity contribution in [1.82, 2.24) is 4.57 Å². The van der Waals surface area contributed by atoms with Gasteiger partial charge in [0.25, 0.3) is 0 Å². The van der Waals surface area contributed by atoms with Gasteiger partial charge in [-0.25, -0.2) is 0 Å². The highest BCUT2D eigenvalue weighted by Gasteiger charge is 2.21. The summed E-state index contributed by atoms with van der Waals surface area (Å²) in [7, 11) is 9.64. The molecule has 0 atom stereocenters. The van der Waals surface area contributed by atoms with Crippen molar-refractivity contribution in [3.05, 3.63) is 72.6 Å². The normalized spacial score (nSPS) is 10.6. The third-order valence-corrected chi connectivity index (χ3v) is 6.04. The van der Waals surface area contributed by atoms with Gasteiger partial charge < -0.3 is 33.0 Å². The molecule has 3 aromatic carbocycles. The number of aromatic nitrogens is 1. The molecule has 0 aliphatic heterocycles. The Labute approximate surface area is 211 Å². The lowest BCUT2D eigenvalue weighted by Crippen LogP contribution is -1.96. The molecule has 0 bridgehead atoms. The van der Waals surface area contributed by atoms with E-state index >= 15 is 0 Å². The summed E-state index contributed by atoms with van der Waals surface area (Å²) in [5.41, 5.74) is 5.00. The van der Waals surface area contributed by atoms with E-state index in [-0.39, 0.29) is 0 Å². The molecule has 0 saturated heterocycles. The Balaban J connectivity index is 1.94. The summed E-state index contributed by atoms with van der Waals surface area (Å²) in [4.78, 5) is 0. The van der Waals surface area contributed by atoms with Crippen molar-refractivity contribution < 1.29 is 28.4 Å². The first-order chi connectivity index (χ1) is 17.6. The number of benzene rings is 3. The summed E-state index contributed by atoms with van der Waals surface area (Å²) in [5, 5.41) is 0. The molecule has 0 aliphatic carbocycles. The number of hydrogen-bond donors (Lipinski definition) is 0. The number of nitrogens with zero attached hydrogens (tertiary/aromatic N) is 1. The molecule has 0 radical (unpaired) electrons. The van der Waals surface area contributed by atoms with E-state index in [2.05, 4.69) is 29.1 Å². The SMILES string of the molecule is COc1cc(-c2cn(Cc3ccccc3)cc2-c2cc(OC)c(OC)c(OC)c2)cc(OC)c1OC. The fraction of sp³-hybridized carbons (Fsp3) is 0.241. The molecule has 36 heavy (non-hydrogen) atoms. The van der Waals surface area contributed by atoms with Crippen LogP contribution in [0.2, 0.25) is 0 Å². The van der Waals surface area contributed by atoms with E-state index in [1.807, 2.05) is 42.5 Å². The van der Waals surface area contributed by atoms with Crippen LogP contribution in [0.1, 0.15) is 5.56 Å². The molecule has 0 unspecified atom stereocenters. The van der Waals surface area contributed by atoms with E-state index in [1.54, 1.807) is 42.7 Å². The van der Waals surface area contributed by atoms with E-state index in [1.165, 1.54) is 5.56 Å². The fourth-order valence-corrected chi connectivity index (χ4v) is 4.33. The van der Waals surface area contributed by atoms with Crippen LogP contribution in [0.5, 0.6) is 34.5 Å². The van der Waals surface area contributed by atoms with Gasteiger partial charge in [-0.15, -0.1) is 0 Å².